The third-order valence-corrected chi connectivity index (χ3v) is 6.87. The van der Waals surface area contributed by atoms with Crippen LogP contribution in [0.5, 0.6) is 5.75 Å². The molecule has 11 heteroatoms. The van der Waals surface area contributed by atoms with Gasteiger partial charge < -0.3 is 24.8 Å². The highest BCUT2D eigenvalue weighted by atomic mass is 16.5. The summed E-state index contributed by atoms with van der Waals surface area (Å²) >= 11 is 0. The second-order valence-electron chi connectivity index (χ2n) is 9.91. The molecule has 0 saturated carbocycles. The molecule has 0 amide bonds. The number of methoxy groups -OCH3 is 1. The third-order valence-electron chi connectivity index (χ3n) is 6.87. The van der Waals surface area contributed by atoms with Gasteiger partial charge in [0.05, 0.1) is 34.9 Å². The number of fused-ring (bicyclic) bond motifs is 7. The number of pyridine rings is 2. The van der Waals surface area contributed by atoms with Crippen LogP contribution < -0.4 is 10.2 Å². The average Bonchev–Trinajstić information content (AvgIpc) is 3.73. The van der Waals surface area contributed by atoms with Crippen molar-refractivity contribution < 1.29 is 14.6 Å². The number of nitrogens with one attached hydrogen (secondary N) is 4. The number of aromatic amines is 4. The van der Waals surface area contributed by atoms with Crippen LogP contribution in [0.3, 0.4) is 0 Å². The molecule has 0 atom stereocenters. The molecular weight excluding hydrogens is 558 g/mol. The Hall–Kier alpha value is -5.97. The summed E-state index contributed by atoms with van der Waals surface area (Å²) in [4.78, 5) is 34.3. The van der Waals surface area contributed by atoms with E-state index in [0.717, 1.165) is 67.9 Å². The number of hydrogen-bond acceptors (Lipinski definition) is 6. The van der Waals surface area contributed by atoms with Crippen molar-refractivity contribution in [2.45, 2.75) is 20.8 Å². The second kappa shape index (κ2) is 12.9. The van der Waals surface area contributed by atoms with Crippen molar-refractivity contribution in [3.63, 3.8) is 0 Å². The summed E-state index contributed by atoms with van der Waals surface area (Å²) in [7, 11) is 1.68. The van der Waals surface area contributed by atoms with Crippen molar-refractivity contribution in [3.05, 3.63) is 107 Å². The third kappa shape index (κ3) is 6.41. The fraction of sp³-hybridized carbons (Fsp3) is 0.121. The molecule has 0 aliphatic heterocycles. The van der Waals surface area contributed by atoms with Crippen LogP contribution in [-0.4, -0.2) is 53.5 Å². The minimum Gasteiger partial charge on any atom is -0.497 e. The van der Waals surface area contributed by atoms with Crippen molar-refractivity contribution in [1.29, 1.82) is 0 Å². The number of aryl methyl sites for hydroxylation is 2. The van der Waals surface area contributed by atoms with E-state index in [1.54, 1.807) is 19.2 Å². The molecule has 0 bridgehead atoms. The van der Waals surface area contributed by atoms with Gasteiger partial charge in [0.2, 0.25) is 0 Å². The number of H-pyrrole nitrogens is 4. The van der Waals surface area contributed by atoms with Gasteiger partial charge in [-0.3, -0.25) is 14.6 Å². The predicted octanol–water partition coefficient (Wildman–Crippen LogP) is 6.40. The molecule has 0 fully saturated rings. The number of carbonyl (C=O) groups is 1. The number of aromatic nitrogens is 7. The highest BCUT2D eigenvalue weighted by Crippen LogP contribution is 2.29. The number of benzene rings is 3. The number of para-hydroxylation sites is 2. The zero-order valence-corrected chi connectivity index (χ0v) is 24.6. The highest BCUT2D eigenvalue weighted by molar-refractivity contribution is 6.08. The van der Waals surface area contributed by atoms with Crippen LogP contribution in [0.2, 0.25) is 0 Å². The lowest BCUT2D eigenvalue weighted by atomic mass is 10.1. The van der Waals surface area contributed by atoms with E-state index in [9.17, 15) is 4.79 Å². The summed E-state index contributed by atoms with van der Waals surface area (Å²) in [6.07, 6.45) is 3.76. The van der Waals surface area contributed by atoms with E-state index in [0.29, 0.717) is 0 Å². The normalized spacial score (nSPS) is 10.5. The van der Waals surface area contributed by atoms with E-state index in [4.69, 9.17) is 14.6 Å². The topological polar surface area (TPSA) is 165 Å². The number of hydrogen-bond donors (Lipinski definition) is 5. The minimum absolute atomic E-state index is 0.0377. The molecule has 0 aliphatic carbocycles. The van der Waals surface area contributed by atoms with Crippen molar-refractivity contribution in [1.82, 2.24) is 35.3 Å². The van der Waals surface area contributed by atoms with Crippen LogP contribution >= 0.6 is 0 Å². The lowest BCUT2D eigenvalue weighted by molar-refractivity contribution is -0.134. The van der Waals surface area contributed by atoms with Crippen LogP contribution in [0.4, 0.5) is 0 Å². The summed E-state index contributed by atoms with van der Waals surface area (Å²) in [5.74, 6) is 0.0321. The van der Waals surface area contributed by atoms with Crippen LogP contribution in [0.25, 0.3) is 54.6 Å². The van der Waals surface area contributed by atoms with Gasteiger partial charge in [-0.15, -0.1) is 0 Å². The van der Waals surface area contributed by atoms with Crippen LogP contribution in [0.1, 0.15) is 18.3 Å². The SMILES string of the molecule is CC(=O)O.COc1ccc2c(c1)[nH]c1c(C)nccc12.Cc1[nH]ccc2c1[nH]c1cc(=O)ccc12.c1ccc2n[nH]nc2c1. The Labute approximate surface area is 250 Å². The van der Waals surface area contributed by atoms with Gasteiger partial charge in [0.15, 0.2) is 5.43 Å². The molecule has 8 rings (SSSR count). The molecule has 222 valence electrons. The van der Waals surface area contributed by atoms with Crippen molar-refractivity contribution in [2.75, 3.05) is 7.11 Å². The molecule has 0 radical (unpaired) electrons. The fourth-order valence-electron chi connectivity index (χ4n) is 4.85. The van der Waals surface area contributed by atoms with Gasteiger partial charge in [-0.1, -0.05) is 12.1 Å². The Bertz CT molecular complexity index is 2240. The first kappa shape index (κ1) is 29.5. The average molecular weight is 590 g/mol. The van der Waals surface area contributed by atoms with Gasteiger partial charge in [0.1, 0.15) is 16.8 Å². The maximum absolute atomic E-state index is 11.2. The molecule has 0 saturated heterocycles. The molecule has 3 aromatic carbocycles. The quantitative estimate of drug-likeness (QED) is 0.148. The Morgan fingerprint density at radius 3 is 2.09 bits per heavy atom. The number of carboxylic acid groups (broad SMARTS) is 1. The van der Waals surface area contributed by atoms with Gasteiger partial charge in [-0.05, 0) is 62.4 Å². The van der Waals surface area contributed by atoms with Crippen LogP contribution in [0, 0.1) is 13.8 Å². The van der Waals surface area contributed by atoms with Crippen molar-refractivity contribution in [3.8, 4) is 5.75 Å². The Morgan fingerprint density at radius 1 is 0.795 bits per heavy atom. The van der Waals surface area contributed by atoms with Gasteiger partial charge >= 0.3 is 0 Å². The Kier molecular flexibility index (Phi) is 8.66. The van der Waals surface area contributed by atoms with E-state index in [1.165, 1.54) is 10.8 Å². The Morgan fingerprint density at radius 2 is 1.41 bits per heavy atom. The molecule has 0 unspecified atom stereocenters. The number of carboxylic acids is 1. The lowest BCUT2D eigenvalue weighted by Crippen LogP contribution is -1.93. The maximum atomic E-state index is 11.2. The molecule has 0 spiro atoms. The standard InChI is InChI=1S/C13H12N2O.C12H10N2O.C6H5N3.C2H4O2/c1-8-13-11(5-6-14-8)10-4-3-9(16-2)7-12(10)15-13;1-7-12-10(4-5-13-7)9-3-2-8(15)6-11(9)14-12;1-2-4-6-5(3-1)7-9-8-6;1-2(3)4/h3-7,15H,1-2H3;2-6,13-14H,1H3;1-4H,(H,7,8,9);1H3,(H,3,4). The second-order valence-corrected chi connectivity index (χ2v) is 9.91. The number of ether oxygens (including phenoxy) is 1. The smallest absolute Gasteiger partial charge is 0.300 e. The van der Waals surface area contributed by atoms with Gasteiger partial charge in [-0.2, -0.15) is 15.4 Å². The minimum atomic E-state index is -0.833. The summed E-state index contributed by atoms with van der Waals surface area (Å²) < 4.78 is 5.21. The van der Waals surface area contributed by atoms with Crippen LogP contribution in [-0.2, 0) is 4.79 Å². The molecule has 5 heterocycles. The first-order valence-electron chi connectivity index (χ1n) is 13.7. The van der Waals surface area contributed by atoms with E-state index in [1.807, 2.05) is 80.8 Å². The van der Waals surface area contributed by atoms with E-state index in [2.05, 4.69) is 41.4 Å². The summed E-state index contributed by atoms with van der Waals surface area (Å²) in [6.45, 7) is 5.10. The summed E-state index contributed by atoms with van der Waals surface area (Å²) in [5, 5.41) is 22.4. The maximum Gasteiger partial charge on any atom is 0.300 e. The monoisotopic (exact) mass is 589 g/mol. The van der Waals surface area contributed by atoms with Crippen molar-refractivity contribution in [2.24, 2.45) is 0 Å². The molecule has 44 heavy (non-hydrogen) atoms. The van der Waals surface area contributed by atoms with Crippen LogP contribution in [0.15, 0.2) is 90.0 Å². The molecule has 5 aromatic heterocycles. The van der Waals surface area contributed by atoms with Gasteiger partial charge in [0.25, 0.3) is 5.97 Å². The largest absolute Gasteiger partial charge is 0.497 e. The molecule has 0 aliphatic rings. The predicted molar refractivity (Wildman–Crippen MR) is 173 cm³/mol. The summed E-state index contributed by atoms with van der Waals surface area (Å²) in [5.41, 5.74) is 8.13. The lowest BCUT2D eigenvalue weighted by Gasteiger charge is -1.98. The summed E-state index contributed by atoms with van der Waals surface area (Å²) in [6, 6.07) is 22.9. The number of rotatable bonds is 1. The zero-order chi connectivity index (χ0) is 31.2. The van der Waals surface area contributed by atoms with Gasteiger partial charge in [0, 0.05) is 58.7 Å². The molecule has 11 nitrogen and oxygen atoms in total. The highest BCUT2D eigenvalue weighted by Gasteiger charge is 2.07. The van der Waals surface area contributed by atoms with E-state index < -0.39 is 5.97 Å². The van der Waals surface area contributed by atoms with Gasteiger partial charge in [-0.25, -0.2) is 0 Å². The number of nitrogens with zero attached hydrogens (tertiary/aromatic N) is 3. The molecule has 5 N–H and O–H groups in total. The number of aliphatic carboxylic acids is 1. The van der Waals surface area contributed by atoms with Crippen molar-refractivity contribution >= 4 is 60.6 Å². The first-order valence-corrected chi connectivity index (χ1v) is 13.7. The van der Waals surface area contributed by atoms with E-state index in [-0.39, 0.29) is 5.43 Å². The first-order chi connectivity index (χ1) is 21.2. The van der Waals surface area contributed by atoms with E-state index >= 15 is 0 Å². The zero-order valence-electron chi connectivity index (χ0n) is 24.6. The molecular formula is C33H31N7O4. The molecule has 8 aromatic rings. The Balaban J connectivity index is 0.000000127. The fourth-order valence-corrected chi connectivity index (χ4v) is 4.85.